The van der Waals surface area contributed by atoms with Crippen molar-refractivity contribution in [1.82, 2.24) is 10.6 Å². The van der Waals surface area contributed by atoms with Gasteiger partial charge in [-0.05, 0) is 5.92 Å². The molecule has 0 rings (SSSR count). The summed E-state index contributed by atoms with van der Waals surface area (Å²) in [5.74, 6) is -2.53. The minimum absolute atomic E-state index is 0.0460. The molecule has 0 spiro atoms. The monoisotopic (exact) mass is 245 g/mol. The Hall–Kier alpha value is -1.63. The quantitative estimate of drug-likeness (QED) is 0.436. The number of hydrogen-bond acceptors (Lipinski definition) is 4. The third-order valence-corrected chi connectivity index (χ3v) is 2.27. The number of carbonyl (C=O) groups excluding carboxylic acids is 2. The van der Waals surface area contributed by atoms with Crippen molar-refractivity contribution < 1.29 is 19.5 Å². The van der Waals surface area contributed by atoms with E-state index in [1.54, 1.807) is 13.8 Å². The highest BCUT2D eigenvalue weighted by Gasteiger charge is 2.21. The van der Waals surface area contributed by atoms with Crippen LogP contribution in [0.15, 0.2) is 0 Å². The molecule has 0 aliphatic rings. The van der Waals surface area contributed by atoms with Gasteiger partial charge in [-0.1, -0.05) is 13.8 Å². The van der Waals surface area contributed by atoms with Crippen molar-refractivity contribution in [3.8, 4) is 0 Å². The lowest BCUT2D eigenvalue weighted by Gasteiger charge is -2.16. The van der Waals surface area contributed by atoms with Crippen molar-refractivity contribution in [2.75, 3.05) is 19.6 Å². The van der Waals surface area contributed by atoms with Crippen molar-refractivity contribution in [2.45, 2.75) is 13.8 Å². The number of hydrogen-bond donors (Lipinski definition) is 4. The molecule has 0 saturated heterocycles. The molecule has 7 heteroatoms. The van der Waals surface area contributed by atoms with Gasteiger partial charge in [-0.15, -0.1) is 0 Å². The first kappa shape index (κ1) is 15.4. The number of carbonyl (C=O) groups is 3. The number of nitrogens with two attached hydrogens (primary N) is 1. The molecule has 98 valence electrons. The highest BCUT2D eigenvalue weighted by Crippen LogP contribution is 2.09. The van der Waals surface area contributed by atoms with E-state index in [-0.39, 0.29) is 25.6 Å². The zero-order valence-corrected chi connectivity index (χ0v) is 10.0. The van der Waals surface area contributed by atoms with E-state index >= 15 is 0 Å². The van der Waals surface area contributed by atoms with E-state index in [1.165, 1.54) is 0 Å². The van der Waals surface area contributed by atoms with Gasteiger partial charge in [0.1, 0.15) is 0 Å². The summed E-state index contributed by atoms with van der Waals surface area (Å²) in [5.41, 5.74) is 5.04. The fourth-order valence-corrected chi connectivity index (χ4v) is 1.15. The third-order valence-electron chi connectivity index (χ3n) is 2.27. The van der Waals surface area contributed by atoms with Gasteiger partial charge in [0.2, 0.25) is 11.8 Å². The first-order chi connectivity index (χ1) is 7.88. The smallest absolute Gasteiger partial charge is 0.308 e. The summed E-state index contributed by atoms with van der Waals surface area (Å²) in [7, 11) is 0. The van der Waals surface area contributed by atoms with E-state index in [2.05, 4.69) is 10.6 Å². The van der Waals surface area contributed by atoms with E-state index in [4.69, 9.17) is 10.8 Å². The zero-order chi connectivity index (χ0) is 13.4. The Morgan fingerprint density at radius 1 is 1.18 bits per heavy atom. The van der Waals surface area contributed by atoms with Crippen molar-refractivity contribution in [3.05, 3.63) is 0 Å². The van der Waals surface area contributed by atoms with Crippen molar-refractivity contribution in [1.29, 1.82) is 0 Å². The van der Waals surface area contributed by atoms with E-state index in [1.807, 2.05) is 0 Å². The first-order valence-electron chi connectivity index (χ1n) is 5.34. The fourth-order valence-electron chi connectivity index (χ4n) is 1.15. The molecule has 0 aromatic rings. The second kappa shape index (κ2) is 7.61. The summed E-state index contributed by atoms with van der Waals surface area (Å²) in [6.07, 6.45) is 0. The van der Waals surface area contributed by atoms with Crippen LogP contribution in [-0.4, -0.2) is 42.5 Å². The molecule has 0 bridgehead atoms. The zero-order valence-electron chi connectivity index (χ0n) is 10.0. The van der Waals surface area contributed by atoms with Gasteiger partial charge in [0.05, 0.1) is 19.0 Å². The minimum Gasteiger partial charge on any atom is -0.481 e. The Morgan fingerprint density at radius 2 is 1.76 bits per heavy atom. The van der Waals surface area contributed by atoms with Crippen LogP contribution in [0.3, 0.4) is 0 Å². The summed E-state index contributed by atoms with van der Waals surface area (Å²) < 4.78 is 0. The molecular formula is C10H19N3O4. The molecule has 0 saturated carbocycles. The molecular weight excluding hydrogens is 226 g/mol. The van der Waals surface area contributed by atoms with Crippen LogP contribution in [0.2, 0.25) is 0 Å². The fraction of sp³-hybridized carbons (Fsp3) is 0.700. The molecule has 1 unspecified atom stereocenters. The lowest BCUT2D eigenvalue weighted by atomic mass is 9.96. The first-order valence-corrected chi connectivity index (χ1v) is 5.34. The van der Waals surface area contributed by atoms with Crippen LogP contribution in [0.1, 0.15) is 13.8 Å². The maximum atomic E-state index is 11.3. The standard InChI is InChI=1S/C10H19N3O4/c1-6(2)7(10(16)17)4-12-9(15)5-13-8(14)3-11/h6-7H,3-5,11H2,1-2H3,(H,12,15)(H,13,14)(H,16,17). The maximum absolute atomic E-state index is 11.3. The topological polar surface area (TPSA) is 122 Å². The van der Waals surface area contributed by atoms with E-state index in [0.717, 1.165) is 0 Å². The van der Waals surface area contributed by atoms with E-state index in [9.17, 15) is 14.4 Å². The van der Waals surface area contributed by atoms with Crippen LogP contribution < -0.4 is 16.4 Å². The highest BCUT2D eigenvalue weighted by atomic mass is 16.4. The Balaban J connectivity index is 3.97. The Labute approximate surface area is 99.7 Å². The van der Waals surface area contributed by atoms with Crippen LogP contribution in [0.4, 0.5) is 0 Å². The molecule has 0 aliphatic heterocycles. The lowest BCUT2D eigenvalue weighted by molar-refractivity contribution is -0.143. The number of carboxylic acids is 1. The second-order valence-electron chi connectivity index (χ2n) is 3.97. The Bertz CT molecular complexity index is 291. The molecule has 0 aromatic heterocycles. The predicted molar refractivity (Wildman–Crippen MR) is 61.0 cm³/mol. The molecule has 7 nitrogen and oxygen atoms in total. The molecule has 5 N–H and O–H groups in total. The summed E-state index contributed by atoms with van der Waals surface area (Å²) in [6, 6.07) is 0. The predicted octanol–water partition coefficient (Wildman–Crippen LogP) is -1.47. The summed E-state index contributed by atoms with van der Waals surface area (Å²) in [4.78, 5) is 32.8. The number of aliphatic carboxylic acids is 1. The number of nitrogens with one attached hydrogen (secondary N) is 2. The molecule has 1 atom stereocenters. The molecule has 0 aromatic carbocycles. The highest BCUT2D eigenvalue weighted by molar-refractivity contribution is 5.85. The number of carboxylic acid groups (broad SMARTS) is 1. The van der Waals surface area contributed by atoms with Gasteiger partial charge in [0.15, 0.2) is 0 Å². The number of amides is 2. The largest absolute Gasteiger partial charge is 0.481 e. The third kappa shape index (κ3) is 6.52. The molecule has 2 amide bonds. The maximum Gasteiger partial charge on any atom is 0.308 e. The second-order valence-corrected chi connectivity index (χ2v) is 3.97. The van der Waals surface area contributed by atoms with Crippen LogP contribution in [0.25, 0.3) is 0 Å². The van der Waals surface area contributed by atoms with Gasteiger partial charge in [0.25, 0.3) is 0 Å². The van der Waals surface area contributed by atoms with Gasteiger partial charge in [-0.25, -0.2) is 0 Å². The Morgan fingerprint density at radius 3 is 2.18 bits per heavy atom. The normalized spacial score (nSPS) is 12.0. The molecule has 0 radical (unpaired) electrons. The van der Waals surface area contributed by atoms with Gasteiger partial charge in [-0.2, -0.15) is 0 Å². The van der Waals surface area contributed by atoms with Gasteiger partial charge >= 0.3 is 5.97 Å². The molecule has 0 fully saturated rings. The Kier molecular flexibility index (Phi) is 6.88. The van der Waals surface area contributed by atoms with Crippen molar-refractivity contribution >= 4 is 17.8 Å². The molecule has 0 heterocycles. The van der Waals surface area contributed by atoms with Crippen LogP contribution in [0.5, 0.6) is 0 Å². The van der Waals surface area contributed by atoms with Gasteiger partial charge < -0.3 is 21.5 Å². The van der Waals surface area contributed by atoms with Gasteiger partial charge in [-0.3, -0.25) is 14.4 Å². The summed E-state index contributed by atoms with van der Waals surface area (Å²) >= 11 is 0. The minimum atomic E-state index is -0.953. The average Bonchev–Trinajstić information content (AvgIpc) is 2.25. The van der Waals surface area contributed by atoms with Gasteiger partial charge in [0, 0.05) is 6.54 Å². The SMILES string of the molecule is CC(C)C(CNC(=O)CNC(=O)CN)C(=O)O. The molecule has 17 heavy (non-hydrogen) atoms. The van der Waals surface area contributed by atoms with Crippen molar-refractivity contribution in [2.24, 2.45) is 17.6 Å². The van der Waals surface area contributed by atoms with Crippen LogP contribution >= 0.6 is 0 Å². The summed E-state index contributed by atoms with van der Waals surface area (Å²) in [6.45, 7) is 3.20. The van der Waals surface area contributed by atoms with E-state index < -0.39 is 23.7 Å². The van der Waals surface area contributed by atoms with Crippen LogP contribution in [0, 0.1) is 11.8 Å². The lowest BCUT2D eigenvalue weighted by Crippen LogP contribution is -2.42. The summed E-state index contributed by atoms with van der Waals surface area (Å²) in [5, 5.41) is 13.6. The van der Waals surface area contributed by atoms with Crippen molar-refractivity contribution in [3.63, 3.8) is 0 Å². The molecule has 0 aliphatic carbocycles. The average molecular weight is 245 g/mol. The van der Waals surface area contributed by atoms with Crippen LogP contribution in [-0.2, 0) is 14.4 Å². The number of rotatable bonds is 7. The van der Waals surface area contributed by atoms with E-state index in [0.29, 0.717) is 0 Å².